The molecule has 3 unspecified atom stereocenters. The number of carbonyl (C=O) groups is 2. The number of carboxylic acids is 1. The van der Waals surface area contributed by atoms with E-state index in [9.17, 15) is 4.79 Å². The third kappa shape index (κ3) is 3.01. The molecule has 1 N–H and O–H groups in total. The predicted molar refractivity (Wildman–Crippen MR) is 50.3 cm³/mol. The molecule has 0 amide bonds. The summed E-state index contributed by atoms with van der Waals surface area (Å²) in [6.07, 6.45) is 4.98. The predicted octanol–water partition coefficient (Wildman–Crippen LogP) is 1.73. The van der Waals surface area contributed by atoms with Gasteiger partial charge in [0.25, 0.3) is 0 Å². The van der Waals surface area contributed by atoms with Gasteiger partial charge in [-0.15, -0.1) is 0 Å². The highest BCUT2D eigenvalue weighted by atomic mass is 16.4. The molecule has 0 aromatic heterocycles. The summed E-state index contributed by atoms with van der Waals surface area (Å²) in [5.41, 5.74) is 0. The zero-order valence-corrected chi connectivity index (χ0v) is 8.06. The molecule has 1 aliphatic carbocycles. The molecule has 0 heterocycles. The van der Waals surface area contributed by atoms with E-state index in [-0.39, 0.29) is 17.8 Å². The van der Waals surface area contributed by atoms with Crippen molar-refractivity contribution in [3.63, 3.8) is 0 Å². The van der Waals surface area contributed by atoms with Crippen molar-refractivity contribution in [1.82, 2.24) is 0 Å². The third-order valence-electron chi connectivity index (χ3n) is 2.41. The van der Waals surface area contributed by atoms with Gasteiger partial charge >= 0.3 is 5.97 Å². The first-order chi connectivity index (χ1) is 6.13. The molecular weight excluding hydrogens is 168 g/mol. The Hall–Kier alpha value is -1.12. The summed E-state index contributed by atoms with van der Waals surface area (Å²) < 4.78 is 0. The summed E-state index contributed by atoms with van der Waals surface area (Å²) in [7, 11) is 0. The summed E-state index contributed by atoms with van der Waals surface area (Å²) in [5.74, 6) is -0.363. The van der Waals surface area contributed by atoms with Crippen LogP contribution < -0.4 is 0 Å². The number of allylic oxidation sites excluding steroid dienone is 2. The van der Waals surface area contributed by atoms with Gasteiger partial charge < -0.3 is 9.90 Å². The van der Waals surface area contributed by atoms with Crippen molar-refractivity contribution in [2.24, 2.45) is 17.8 Å². The zero-order valence-electron chi connectivity index (χ0n) is 8.06. The van der Waals surface area contributed by atoms with E-state index in [1.54, 1.807) is 0 Å². The summed E-state index contributed by atoms with van der Waals surface area (Å²) in [4.78, 5) is 18.7. The molecule has 0 saturated heterocycles. The zero-order chi connectivity index (χ0) is 10.4. The number of aliphatic carboxylic acids is 1. The molecule has 3 heteroatoms. The van der Waals surface area contributed by atoms with Crippen molar-refractivity contribution in [3.8, 4) is 0 Å². The molecule has 1 rings (SSSR count). The van der Waals surface area contributed by atoms with Crippen molar-refractivity contribution >= 4 is 12.8 Å². The third-order valence-corrected chi connectivity index (χ3v) is 2.41. The van der Waals surface area contributed by atoms with Crippen LogP contribution in [0.25, 0.3) is 0 Å². The molecule has 0 fully saturated rings. The molecule has 0 aromatic rings. The average Bonchev–Trinajstić information content (AvgIpc) is 2.07. The number of rotatable bonds is 1. The van der Waals surface area contributed by atoms with E-state index in [0.717, 1.165) is 6.42 Å². The summed E-state index contributed by atoms with van der Waals surface area (Å²) in [6, 6.07) is 0. The van der Waals surface area contributed by atoms with E-state index >= 15 is 0 Å². The smallest absolute Gasteiger partial charge is 0.307 e. The van der Waals surface area contributed by atoms with Crippen LogP contribution in [0.2, 0.25) is 0 Å². The molecular formula is C10H16O3. The Morgan fingerprint density at radius 2 is 2.00 bits per heavy atom. The Balaban J connectivity index is 0.000000671. The van der Waals surface area contributed by atoms with Crippen molar-refractivity contribution in [2.45, 2.75) is 20.3 Å². The van der Waals surface area contributed by atoms with Gasteiger partial charge in [0.05, 0.1) is 5.92 Å². The second kappa shape index (κ2) is 5.51. The van der Waals surface area contributed by atoms with Crippen LogP contribution in [0.4, 0.5) is 0 Å². The fourth-order valence-corrected chi connectivity index (χ4v) is 1.76. The summed E-state index contributed by atoms with van der Waals surface area (Å²) in [5, 5.41) is 8.85. The van der Waals surface area contributed by atoms with E-state index in [0.29, 0.717) is 0 Å². The van der Waals surface area contributed by atoms with Gasteiger partial charge in [0.2, 0.25) is 0 Å². The Morgan fingerprint density at radius 3 is 2.31 bits per heavy atom. The number of hydrogen-bond donors (Lipinski definition) is 1. The topological polar surface area (TPSA) is 54.4 Å². The lowest BCUT2D eigenvalue weighted by Crippen LogP contribution is -2.29. The fourth-order valence-electron chi connectivity index (χ4n) is 1.76. The van der Waals surface area contributed by atoms with E-state index in [1.807, 2.05) is 26.7 Å². The van der Waals surface area contributed by atoms with Gasteiger partial charge in [-0.1, -0.05) is 26.0 Å². The minimum absolute atomic E-state index is 0.181. The lowest BCUT2D eigenvalue weighted by molar-refractivity contribution is -0.145. The second-order valence-electron chi connectivity index (χ2n) is 3.36. The highest BCUT2D eigenvalue weighted by Gasteiger charge is 2.30. The first kappa shape index (κ1) is 11.9. The molecule has 3 nitrogen and oxygen atoms in total. The lowest BCUT2D eigenvalue weighted by Gasteiger charge is -2.26. The van der Waals surface area contributed by atoms with E-state index in [1.165, 1.54) is 0 Å². The minimum atomic E-state index is -0.658. The Morgan fingerprint density at radius 1 is 1.46 bits per heavy atom. The van der Waals surface area contributed by atoms with Crippen LogP contribution in [0.1, 0.15) is 20.3 Å². The molecule has 0 spiro atoms. The summed E-state index contributed by atoms with van der Waals surface area (Å²) in [6.45, 7) is 5.96. The maximum absolute atomic E-state index is 10.7. The molecule has 74 valence electrons. The highest BCUT2D eigenvalue weighted by Crippen LogP contribution is 2.29. The van der Waals surface area contributed by atoms with Crippen LogP contribution in [0.15, 0.2) is 12.2 Å². The van der Waals surface area contributed by atoms with Crippen LogP contribution in [0.3, 0.4) is 0 Å². The van der Waals surface area contributed by atoms with Crippen molar-refractivity contribution in [2.75, 3.05) is 0 Å². The molecule has 0 bridgehead atoms. The molecule has 3 atom stereocenters. The number of carbonyl (C=O) groups excluding carboxylic acids is 1. The Labute approximate surface area is 78.5 Å². The molecule has 0 aliphatic heterocycles. The van der Waals surface area contributed by atoms with Gasteiger partial charge in [-0.2, -0.15) is 0 Å². The fraction of sp³-hybridized carbons (Fsp3) is 0.600. The van der Waals surface area contributed by atoms with Crippen molar-refractivity contribution < 1.29 is 14.7 Å². The summed E-state index contributed by atoms with van der Waals surface area (Å²) >= 11 is 0. The van der Waals surface area contributed by atoms with Crippen LogP contribution >= 0.6 is 0 Å². The quantitative estimate of drug-likeness (QED) is 0.631. The van der Waals surface area contributed by atoms with E-state index in [2.05, 4.69) is 6.08 Å². The molecule has 13 heavy (non-hydrogen) atoms. The SMILES string of the molecule is C=O.CC1C=CCC(C)C1C(=O)O. The first-order valence-corrected chi connectivity index (χ1v) is 4.31. The number of carboxylic acid groups (broad SMARTS) is 1. The molecule has 0 radical (unpaired) electrons. The van der Waals surface area contributed by atoms with Crippen molar-refractivity contribution in [1.29, 1.82) is 0 Å². The monoisotopic (exact) mass is 184 g/mol. The largest absolute Gasteiger partial charge is 0.481 e. The Bertz CT molecular complexity index is 198. The van der Waals surface area contributed by atoms with Gasteiger partial charge in [-0.3, -0.25) is 4.79 Å². The Kier molecular flexibility index (Phi) is 5.04. The van der Waals surface area contributed by atoms with Crippen LogP contribution in [-0.2, 0) is 9.59 Å². The maximum atomic E-state index is 10.7. The van der Waals surface area contributed by atoms with Crippen LogP contribution in [0.5, 0.6) is 0 Å². The maximum Gasteiger partial charge on any atom is 0.307 e. The normalized spacial score (nSPS) is 31.7. The standard InChI is InChI=1S/C9H14O2.CH2O/c1-6-4-3-5-7(2)8(6)9(10)11;1-2/h3-4,6-8H,5H2,1-2H3,(H,10,11);1H2. The second-order valence-corrected chi connectivity index (χ2v) is 3.36. The van der Waals surface area contributed by atoms with Gasteiger partial charge in [0.15, 0.2) is 0 Å². The molecule has 1 aliphatic rings. The minimum Gasteiger partial charge on any atom is -0.481 e. The van der Waals surface area contributed by atoms with Gasteiger partial charge in [-0.25, -0.2) is 0 Å². The lowest BCUT2D eigenvalue weighted by atomic mass is 9.78. The van der Waals surface area contributed by atoms with Crippen LogP contribution in [-0.4, -0.2) is 17.9 Å². The average molecular weight is 184 g/mol. The van der Waals surface area contributed by atoms with E-state index in [4.69, 9.17) is 9.90 Å². The van der Waals surface area contributed by atoms with Gasteiger partial charge in [0, 0.05) is 0 Å². The van der Waals surface area contributed by atoms with Gasteiger partial charge in [0.1, 0.15) is 6.79 Å². The van der Waals surface area contributed by atoms with Crippen LogP contribution in [0, 0.1) is 17.8 Å². The van der Waals surface area contributed by atoms with E-state index < -0.39 is 5.97 Å². The highest BCUT2D eigenvalue weighted by molar-refractivity contribution is 5.71. The van der Waals surface area contributed by atoms with Crippen molar-refractivity contribution in [3.05, 3.63) is 12.2 Å². The van der Waals surface area contributed by atoms with Gasteiger partial charge in [-0.05, 0) is 18.3 Å². The molecule has 0 aromatic carbocycles. The first-order valence-electron chi connectivity index (χ1n) is 4.31. The molecule has 0 saturated carbocycles. The number of hydrogen-bond acceptors (Lipinski definition) is 2.